The molecule has 186 valence electrons. The average molecular weight is 498 g/mol. The van der Waals surface area contributed by atoms with Crippen LogP contribution < -0.4 is 26.4 Å². The van der Waals surface area contributed by atoms with Crippen LogP contribution in [0.1, 0.15) is 56.8 Å². The van der Waals surface area contributed by atoms with Crippen molar-refractivity contribution in [3.8, 4) is 0 Å². The molecule has 3 fully saturated rings. The van der Waals surface area contributed by atoms with Crippen molar-refractivity contribution >= 4 is 41.1 Å². The first-order chi connectivity index (χ1) is 15.9. The lowest BCUT2D eigenvalue weighted by Gasteiger charge is -2.25. The van der Waals surface area contributed by atoms with E-state index in [9.17, 15) is 14.4 Å². The van der Waals surface area contributed by atoms with Crippen molar-refractivity contribution in [2.75, 3.05) is 23.3 Å². The van der Waals surface area contributed by atoms with E-state index in [1.165, 1.54) is 0 Å². The summed E-state index contributed by atoms with van der Waals surface area (Å²) in [5.41, 5.74) is 3.26. The maximum atomic E-state index is 15.4. The van der Waals surface area contributed by atoms with Crippen LogP contribution >= 0.6 is 11.6 Å². The first kappa shape index (κ1) is 24.2. The molecule has 34 heavy (non-hydrogen) atoms. The van der Waals surface area contributed by atoms with Crippen molar-refractivity contribution in [3.05, 3.63) is 22.5 Å². The Labute approximate surface area is 201 Å². The van der Waals surface area contributed by atoms with E-state index in [1.54, 1.807) is 31.1 Å². The molecule has 2 saturated carbocycles. The Morgan fingerprint density at radius 3 is 2.47 bits per heavy atom. The summed E-state index contributed by atoms with van der Waals surface area (Å²) in [5.74, 6) is -1.54. The quantitative estimate of drug-likeness (QED) is 0.393. The molecule has 1 spiro atoms. The number of carbonyl (C=O) groups excluding carboxylic acids is 2. The molecule has 3 aliphatic rings. The smallest absolute Gasteiger partial charge is 0.423 e. The summed E-state index contributed by atoms with van der Waals surface area (Å²) in [7, 11) is 0. The average Bonchev–Trinajstić information content (AvgIpc) is 3.62. The van der Waals surface area contributed by atoms with Gasteiger partial charge in [-0.25, -0.2) is 19.4 Å². The van der Waals surface area contributed by atoms with E-state index < -0.39 is 29.5 Å². The molecule has 5 N–H and O–H groups in total. The molecule has 0 aromatic heterocycles. The highest BCUT2D eigenvalue weighted by atomic mass is 35.5. The van der Waals surface area contributed by atoms with Crippen LogP contribution in [0.3, 0.4) is 0 Å². The molecule has 1 saturated heterocycles. The van der Waals surface area contributed by atoms with Gasteiger partial charge in [-0.3, -0.25) is 10.2 Å². The summed E-state index contributed by atoms with van der Waals surface area (Å²) in [4.78, 5) is 37.4. The number of rotatable bonds is 5. The molecule has 1 aromatic carbocycles. The summed E-state index contributed by atoms with van der Waals surface area (Å²) >= 11 is 6.66. The standard InChI is InChI=1S/C22H29ClFN5O5/c1-21(2,3)34-20(33)26-14-9-29(10-22(14)6-7-22)17-13(24)8-12(18(30)27-28-19(31)32)16(15(17)23)25-11-4-5-11/h8,11,14,25,28H,4-7,9-10H2,1-3H3,(H,26,33)(H,27,30)(H,31,32)/t14-/m1/s1. The molecular formula is C22H29ClFN5O5. The second-order valence-electron chi connectivity index (χ2n) is 10.2. The molecule has 12 heteroatoms. The van der Waals surface area contributed by atoms with Gasteiger partial charge in [0.05, 0.1) is 28.0 Å². The van der Waals surface area contributed by atoms with Crippen molar-refractivity contribution in [1.29, 1.82) is 0 Å². The molecule has 4 rings (SSSR count). The van der Waals surface area contributed by atoms with Crippen LogP contribution in [0.4, 0.5) is 25.4 Å². The molecule has 1 heterocycles. The highest BCUT2D eigenvalue weighted by Crippen LogP contribution is 2.55. The lowest BCUT2D eigenvalue weighted by molar-refractivity contribution is 0.0493. The molecule has 1 aliphatic heterocycles. The topological polar surface area (TPSA) is 132 Å². The van der Waals surface area contributed by atoms with Crippen LogP contribution in [0, 0.1) is 11.2 Å². The molecule has 0 radical (unpaired) electrons. The molecule has 3 amide bonds. The second kappa shape index (κ2) is 8.68. The monoisotopic (exact) mass is 497 g/mol. The molecule has 0 bridgehead atoms. The van der Waals surface area contributed by atoms with E-state index in [0.29, 0.717) is 13.1 Å². The van der Waals surface area contributed by atoms with Crippen LogP contribution in [-0.2, 0) is 4.74 Å². The number of anilines is 2. The fourth-order valence-electron chi connectivity index (χ4n) is 4.28. The number of benzene rings is 1. The fourth-order valence-corrected chi connectivity index (χ4v) is 4.65. The highest BCUT2D eigenvalue weighted by molar-refractivity contribution is 6.37. The number of alkyl carbamates (subject to hydrolysis) is 1. The van der Waals surface area contributed by atoms with Gasteiger partial charge in [0.25, 0.3) is 5.91 Å². The van der Waals surface area contributed by atoms with Gasteiger partial charge in [-0.2, -0.15) is 0 Å². The third-order valence-corrected chi connectivity index (χ3v) is 6.56. The van der Waals surface area contributed by atoms with Gasteiger partial charge in [0.15, 0.2) is 0 Å². The highest BCUT2D eigenvalue weighted by Gasteiger charge is 2.56. The summed E-state index contributed by atoms with van der Waals surface area (Å²) in [6.07, 6.45) is 1.56. The van der Waals surface area contributed by atoms with Crippen molar-refractivity contribution in [2.45, 2.75) is 64.1 Å². The number of halogens is 2. The summed E-state index contributed by atoms with van der Waals surface area (Å²) in [6, 6.07) is 0.920. The maximum absolute atomic E-state index is 15.4. The van der Waals surface area contributed by atoms with E-state index >= 15 is 4.39 Å². The first-order valence-corrected chi connectivity index (χ1v) is 11.6. The van der Waals surface area contributed by atoms with Crippen molar-refractivity contribution in [1.82, 2.24) is 16.2 Å². The van der Waals surface area contributed by atoms with Crippen molar-refractivity contribution in [2.24, 2.45) is 5.41 Å². The largest absolute Gasteiger partial charge is 0.464 e. The third-order valence-electron chi connectivity index (χ3n) is 6.19. The molecule has 0 unspecified atom stereocenters. The molecule has 2 aliphatic carbocycles. The van der Waals surface area contributed by atoms with E-state index in [4.69, 9.17) is 21.4 Å². The second-order valence-corrected chi connectivity index (χ2v) is 10.6. The Morgan fingerprint density at radius 2 is 1.91 bits per heavy atom. The summed E-state index contributed by atoms with van der Waals surface area (Å²) in [5, 5.41) is 14.9. The predicted octanol–water partition coefficient (Wildman–Crippen LogP) is 3.46. The number of carbonyl (C=O) groups is 3. The Bertz CT molecular complexity index is 1020. The van der Waals surface area contributed by atoms with Crippen LogP contribution in [0.25, 0.3) is 0 Å². The Kier molecular flexibility index (Phi) is 6.17. The van der Waals surface area contributed by atoms with Gasteiger partial charge in [-0.05, 0) is 52.5 Å². The number of nitrogens with zero attached hydrogens (tertiary/aromatic N) is 1. The fraction of sp³-hybridized carbons (Fsp3) is 0.591. The molecule has 1 aromatic rings. The van der Waals surface area contributed by atoms with Crippen molar-refractivity contribution < 1.29 is 28.6 Å². The SMILES string of the molecule is CC(C)(C)OC(=O)N[C@@H]1CN(c2c(F)cc(C(=O)NNC(=O)O)c(NC3CC3)c2Cl)CC12CC2. The minimum atomic E-state index is -1.46. The van der Waals surface area contributed by atoms with Crippen LogP contribution in [0.5, 0.6) is 0 Å². The van der Waals surface area contributed by atoms with E-state index in [0.717, 1.165) is 31.7 Å². The van der Waals surface area contributed by atoms with E-state index in [-0.39, 0.29) is 39.5 Å². The third kappa shape index (κ3) is 5.24. The van der Waals surface area contributed by atoms with Gasteiger partial charge in [-0.1, -0.05) is 11.6 Å². The summed E-state index contributed by atoms with van der Waals surface area (Å²) in [6.45, 7) is 6.19. The zero-order valence-corrected chi connectivity index (χ0v) is 20.0. The van der Waals surface area contributed by atoms with Gasteiger partial charge < -0.3 is 25.4 Å². The minimum absolute atomic E-state index is 0.0427. The summed E-state index contributed by atoms with van der Waals surface area (Å²) < 4.78 is 20.7. The molecule has 10 nitrogen and oxygen atoms in total. The number of carboxylic acid groups (broad SMARTS) is 1. The Balaban J connectivity index is 1.59. The van der Waals surface area contributed by atoms with Gasteiger partial charge in [0.1, 0.15) is 11.4 Å². The minimum Gasteiger partial charge on any atom is -0.464 e. The zero-order chi connectivity index (χ0) is 24.8. The van der Waals surface area contributed by atoms with Gasteiger partial charge in [-0.15, -0.1) is 0 Å². The Hall–Kier alpha value is -2.95. The normalized spacial score (nSPS) is 20.6. The zero-order valence-electron chi connectivity index (χ0n) is 19.3. The predicted molar refractivity (Wildman–Crippen MR) is 124 cm³/mol. The van der Waals surface area contributed by atoms with E-state index in [1.807, 2.05) is 5.43 Å². The first-order valence-electron chi connectivity index (χ1n) is 11.2. The van der Waals surface area contributed by atoms with Gasteiger partial charge in [0, 0.05) is 24.5 Å². The molecular weight excluding hydrogens is 469 g/mol. The van der Waals surface area contributed by atoms with Crippen LogP contribution in [-0.4, -0.2) is 54.0 Å². The molecule has 1 atom stereocenters. The Morgan fingerprint density at radius 1 is 1.24 bits per heavy atom. The number of ether oxygens (including phenoxy) is 1. The van der Waals surface area contributed by atoms with Crippen LogP contribution in [0.2, 0.25) is 5.02 Å². The number of hydrazine groups is 1. The van der Waals surface area contributed by atoms with Crippen LogP contribution in [0.15, 0.2) is 6.07 Å². The lowest BCUT2D eigenvalue weighted by atomic mass is 10.0. The lowest BCUT2D eigenvalue weighted by Crippen LogP contribution is -2.44. The van der Waals surface area contributed by atoms with Crippen molar-refractivity contribution in [3.63, 3.8) is 0 Å². The number of hydrogen-bond donors (Lipinski definition) is 5. The number of hydrogen-bond acceptors (Lipinski definition) is 6. The maximum Gasteiger partial charge on any atom is 0.423 e. The van der Waals surface area contributed by atoms with Gasteiger partial charge in [0.2, 0.25) is 0 Å². The number of nitrogens with one attached hydrogen (secondary N) is 4. The van der Waals surface area contributed by atoms with Gasteiger partial charge >= 0.3 is 12.2 Å². The number of amides is 3. The van der Waals surface area contributed by atoms with E-state index in [2.05, 4.69) is 10.6 Å².